The number of hydrogen-bond acceptors (Lipinski definition) is 4. The number of anilines is 2. The Morgan fingerprint density at radius 2 is 2.05 bits per heavy atom. The van der Waals surface area contributed by atoms with Crippen molar-refractivity contribution < 1.29 is 14.7 Å². The first-order valence-corrected chi connectivity index (χ1v) is 6.83. The lowest BCUT2D eigenvalue weighted by atomic mass is 10.1. The zero-order valence-electron chi connectivity index (χ0n) is 9.51. The third-order valence-corrected chi connectivity index (χ3v) is 3.86. The van der Waals surface area contributed by atoms with E-state index in [9.17, 15) is 9.59 Å². The molecule has 7 heteroatoms. The summed E-state index contributed by atoms with van der Waals surface area (Å²) in [7, 11) is 0. The van der Waals surface area contributed by atoms with Gasteiger partial charge >= 0.3 is 5.97 Å². The van der Waals surface area contributed by atoms with Crippen molar-refractivity contribution in [3.63, 3.8) is 0 Å². The highest BCUT2D eigenvalue weighted by atomic mass is 79.9. The van der Waals surface area contributed by atoms with Gasteiger partial charge in [0.25, 0.3) is 5.91 Å². The number of carboxylic acid groups (broad SMARTS) is 1. The molecule has 19 heavy (non-hydrogen) atoms. The summed E-state index contributed by atoms with van der Waals surface area (Å²) in [4.78, 5) is 23.0. The van der Waals surface area contributed by atoms with Gasteiger partial charge in [-0.3, -0.25) is 4.79 Å². The van der Waals surface area contributed by atoms with Gasteiger partial charge < -0.3 is 16.2 Å². The van der Waals surface area contributed by atoms with E-state index < -0.39 is 5.97 Å². The second-order valence-electron chi connectivity index (χ2n) is 3.70. The van der Waals surface area contributed by atoms with E-state index in [0.717, 1.165) is 3.79 Å². The predicted molar refractivity (Wildman–Crippen MR) is 77.8 cm³/mol. The van der Waals surface area contributed by atoms with Crippen LogP contribution in [0.3, 0.4) is 0 Å². The van der Waals surface area contributed by atoms with Crippen molar-refractivity contribution in [3.8, 4) is 0 Å². The van der Waals surface area contributed by atoms with Gasteiger partial charge in [0.1, 0.15) is 0 Å². The molecule has 1 aromatic heterocycles. The highest BCUT2D eigenvalue weighted by Crippen LogP contribution is 2.23. The largest absolute Gasteiger partial charge is 0.478 e. The standard InChI is InChI=1S/C12H9BrN2O3S/c13-10-3-6(5-19-10)11(16)15-9-4-7(14)1-2-8(9)12(17)18/h1-5H,14H2,(H,15,16)(H,17,18). The van der Waals surface area contributed by atoms with Crippen LogP contribution in [-0.4, -0.2) is 17.0 Å². The quantitative estimate of drug-likeness (QED) is 0.748. The zero-order chi connectivity index (χ0) is 14.0. The number of carbonyl (C=O) groups is 2. The summed E-state index contributed by atoms with van der Waals surface area (Å²) < 4.78 is 0.823. The van der Waals surface area contributed by atoms with Crippen LogP contribution >= 0.6 is 27.3 Å². The van der Waals surface area contributed by atoms with Gasteiger partial charge in [0.05, 0.1) is 20.6 Å². The van der Waals surface area contributed by atoms with Gasteiger partial charge in [0.2, 0.25) is 0 Å². The molecule has 1 heterocycles. The van der Waals surface area contributed by atoms with Crippen molar-refractivity contribution in [2.24, 2.45) is 0 Å². The summed E-state index contributed by atoms with van der Waals surface area (Å²) >= 11 is 4.63. The number of benzene rings is 1. The molecule has 4 N–H and O–H groups in total. The maximum atomic E-state index is 12.0. The summed E-state index contributed by atoms with van der Waals surface area (Å²) in [6.07, 6.45) is 0. The minimum Gasteiger partial charge on any atom is -0.478 e. The normalized spacial score (nSPS) is 10.2. The first kappa shape index (κ1) is 13.6. The number of rotatable bonds is 3. The third kappa shape index (κ3) is 3.12. The Bertz CT molecular complexity index is 654. The smallest absolute Gasteiger partial charge is 0.337 e. The van der Waals surface area contributed by atoms with Gasteiger partial charge in [-0.1, -0.05) is 0 Å². The molecule has 2 aromatic rings. The van der Waals surface area contributed by atoms with E-state index >= 15 is 0 Å². The van der Waals surface area contributed by atoms with E-state index in [-0.39, 0.29) is 17.2 Å². The molecule has 0 unspecified atom stereocenters. The van der Waals surface area contributed by atoms with Gasteiger partial charge in [-0.15, -0.1) is 11.3 Å². The molecular weight excluding hydrogens is 332 g/mol. The van der Waals surface area contributed by atoms with E-state index in [2.05, 4.69) is 21.2 Å². The molecular formula is C12H9BrN2O3S. The van der Waals surface area contributed by atoms with Gasteiger partial charge in [-0.2, -0.15) is 0 Å². The molecule has 0 fully saturated rings. The van der Waals surface area contributed by atoms with Crippen molar-refractivity contribution >= 4 is 50.5 Å². The van der Waals surface area contributed by atoms with Gasteiger partial charge in [-0.05, 0) is 40.2 Å². The average Bonchev–Trinajstić information content (AvgIpc) is 2.75. The molecule has 0 saturated heterocycles. The SMILES string of the molecule is Nc1ccc(C(=O)O)c(NC(=O)c2csc(Br)c2)c1. The van der Waals surface area contributed by atoms with Crippen molar-refractivity contribution in [2.45, 2.75) is 0 Å². The Morgan fingerprint density at radius 1 is 1.32 bits per heavy atom. The highest BCUT2D eigenvalue weighted by molar-refractivity contribution is 9.11. The molecule has 0 aliphatic heterocycles. The number of nitrogens with two attached hydrogens (primary N) is 1. The summed E-state index contributed by atoms with van der Waals surface area (Å²) in [6, 6.07) is 5.91. The number of nitrogen functional groups attached to an aromatic ring is 1. The second kappa shape index (κ2) is 5.41. The van der Waals surface area contributed by atoms with Crippen LogP contribution in [0.2, 0.25) is 0 Å². The van der Waals surface area contributed by atoms with Crippen LogP contribution in [0.1, 0.15) is 20.7 Å². The minimum absolute atomic E-state index is 0.00292. The fraction of sp³-hybridized carbons (Fsp3) is 0. The van der Waals surface area contributed by atoms with Crippen LogP contribution in [0, 0.1) is 0 Å². The number of carbonyl (C=O) groups excluding carboxylic acids is 1. The molecule has 98 valence electrons. The third-order valence-electron chi connectivity index (χ3n) is 2.35. The van der Waals surface area contributed by atoms with Crippen LogP contribution in [0.5, 0.6) is 0 Å². The number of aromatic carboxylic acids is 1. The molecule has 1 amide bonds. The monoisotopic (exact) mass is 340 g/mol. The van der Waals surface area contributed by atoms with Crippen LogP contribution in [0.15, 0.2) is 33.4 Å². The van der Waals surface area contributed by atoms with Gasteiger partial charge in [0, 0.05) is 11.1 Å². The lowest BCUT2D eigenvalue weighted by Crippen LogP contribution is -2.14. The predicted octanol–water partition coefficient (Wildman–Crippen LogP) is 3.04. The van der Waals surface area contributed by atoms with E-state index in [0.29, 0.717) is 11.3 Å². The Balaban J connectivity index is 2.30. The number of nitrogens with one attached hydrogen (secondary N) is 1. The summed E-state index contributed by atoms with van der Waals surface area (Å²) in [6.45, 7) is 0. The number of carboxylic acids is 1. The van der Waals surface area contributed by atoms with Crippen molar-refractivity contribution in [2.75, 3.05) is 11.1 Å². The van der Waals surface area contributed by atoms with Gasteiger partial charge in [0.15, 0.2) is 0 Å². The first-order valence-electron chi connectivity index (χ1n) is 5.15. The highest BCUT2D eigenvalue weighted by Gasteiger charge is 2.14. The van der Waals surface area contributed by atoms with Gasteiger partial charge in [-0.25, -0.2) is 4.79 Å². The fourth-order valence-electron chi connectivity index (χ4n) is 1.48. The minimum atomic E-state index is -1.12. The van der Waals surface area contributed by atoms with E-state index in [1.165, 1.54) is 29.5 Å². The number of amides is 1. The molecule has 0 saturated carbocycles. The molecule has 5 nitrogen and oxygen atoms in total. The van der Waals surface area contributed by atoms with Crippen molar-refractivity contribution in [1.82, 2.24) is 0 Å². The van der Waals surface area contributed by atoms with Crippen LogP contribution < -0.4 is 11.1 Å². The number of hydrogen-bond donors (Lipinski definition) is 3. The Morgan fingerprint density at radius 3 is 2.63 bits per heavy atom. The zero-order valence-corrected chi connectivity index (χ0v) is 11.9. The summed E-state index contributed by atoms with van der Waals surface area (Å²) in [5, 5.41) is 13.3. The molecule has 0 atom stereocenters. The van der Waals surface area contributed by atoms with Crippen LogP contribution in [-0.2, 0) is 0 Å². The summed E-state index contributed by atoms with van der Waals surface area (Å²) in [5.74, 6) is -1.50. The Kier molecular flexibility index (Phi) is 3.87. The van der Waals surface area contributed by atoms with Crippen molar-refractivity contribution in [3.05, 3.63) is 44.6 Å². The molecule has 0 spiro atoms. The fourth-order valence-corrected chi connectivity index (χ4v) is 2.61. The molecule has 1 aromatic carbocycles. The molecule has 0 aliphatic carbocycles. The molecule has 0 bridgehead atoms. The summed E-state index contributed by atoms with van der Waals surface area (Å²) in [5.41, 5.74) is 6.61. The van der Waals surface area contributed by atoms with E-state index in [4.69, 9.17) is 10.8 Å². The van der Waals surface area contributed by atoms with Crippen molar-refractivity contribution in [1.29, 1.82) is 0 Å². The number of thiophene rings is 1. The molecule has 0 aliphatic rings. The first-order chi connectivity index (χ1) is 8.97. The lowest BCUT2D eigenvalue weighted by molar-refractivity contribution is 0.0698. The molecule has 2 rings (SSSR count). The van der Waals surface area contributed by atoms with Crippen LogP contribution in [0.25, 0.3) is 0 Å². The topological polar surface area (TPSA) is 92.4 Å². The Labute approximate surface area is 121 Å². The van der Waals surface area contributed by atoms with Crippen LogP contribution in [0.4, 0.5) is 11.4 Å². The maximum Gasteiger partial charge on any atom is 0.337 e. The maximum absolute atomic E-state index is 12.0. The second-order valence-corrected chi connectivity index (χ2v) is 5.99. The molecule has 0 radical (unpaired) electrons. The Hall–Kier alpha value is -1.86. The van der Waals surface area contributed by atoms with E-state index in [1.54, 1.807) is 11.4 Å². The van der Waals surface area contributed by atoms with E-state index in [1.807, 2.05) is 0 Å². The lowest BCUT2D eigenvalue weighted by Gasteiger charge is -2.08. The number of halogens is 1. The average molecular weight is 341 g/mol.